The number of nitrogens with one attached hydrogen (secondary N) is 2. The van der Waals surface area contributed by atoms with Gasteiger partial charge in [-0.2, -0.15) is 0 Å². The van der Waals surface area contributed by atoms with Crippen LogP contribution >= 0.6 is 11.6 Å². The number of hydrogen-bond acceptors (Lipinski definition) is 2. The highest BCUT2D eigenvalue weighted by Gasteiger charge is 2.05. The van der Waals surface area contributed by atoms with Crippen molar-refractivity contribution in [2.45, 2.75) is 0 Å². The van der Waals surface area contributed by atoms with Gasteiger partial charge in [0, 0.05) is 33.9 Å². The Morgan fingerprint density at radius 1 is 1.16 bits per heavy atom. The lowest BCUT2D eigenvalue weighted by atomic mass is 10.2. The van der Waals surface area contributed by atoms with E-state index in [1.807, 2.05) is 48.7 Å². The van der Waals surface area contributed by atoms with E-state index >= 15 is 0 Å². The van der Waals surface area contributed by atoms with Crippen molar-refractivity contribution in [3.63, 3.8) is 0 Å². The quantitative estimate of drug-likeness (QED) is 0.733. The summed E-state index contributed by atoms with van der Waals surface area (Å²) >= 11 is 6.04. The number of aromatic nitrogens is 1. The summed E-state index contributed by atoms with van der Waals surface area (Å²) < 4.78 is 5.21. The van der Waals surface area contributed by atoms with Crippen LogP contribution in [-0.2, 0) is 0 Å². The van der Waals surface area contributed by atoms with Gasteiger partial charge in [0.1, 0.15) is 5.75 Å². The molecule has 0 fully saturated rings. The number of benzene rings is 2. The molecule has 0 saturated carbocycles. The fraction of sp³-hybridized carbons (Fsp3) is 0.0667. The second-order valence-electron chi connectivity index (χ2n) is 4.25. The minimum Gasteiger partial charge on any atom is -0.497 e. The Morgan fingerprint density at radius 2 is 2.05 bits per heavy atom. The molecule has 0 aliphatic carbocycles. The van der Waals surface area contributed by atoms with E-state index in [-0.39, 0.29) is 0 Å². The average molecular weight is 273 g/mol. The number of ether oxygens (including phenoxy) is 1. The van der Waals surface area contributed by atoms with Gasteiger partial charge in [-0.15, -0.1) is 0 Å². The van der Waals surface area contributed by atoms with Gasteiger partial charge < -0.3 is 15.0 Å². The zero-order valence-corrected chi connectivity index (χ0v) is 11.2. The molecule has 0 unspecified atom stereocenters. The lowest BCUT2D eigenvalue weighted by Gasteiger charge is -2.07. The maximum atomic E-state index is 6.04. The summed E-state index contributed by atoms with van der Waals surface area (Å²) in [4.78, 5) is 3.21. The maximum Gasteiger partial charge on any atom is 0.120 e. The molecule has 0 radical (unpaired) electrons. The van der Waals surface area contributed by atoms with Crippen LogP contribution in [0.15, 0.2) is 48.7 Å². The van der Waals surface area contributed by atoms with Crippen LogP contribution in [0.3, 0.4) is 0 Å². The normalized spacial score (nSPS) is 10.6. The Bertz CT molecular complexity index is 721. The van der Waals surface area contributed by atoms with Gasteiger partial charge in [-0.3, -0.25) is 0 Å². The fourth-order valence-electron chi connectivity index (χ4n) is 2.05. The molecule has 2 N–H and O–H groups in total. The first kappa shape index (κ1) is 11.9. The van der Waals surface area contributed by atoms with Gasteiger partial charge in [0.25, 0.3) is 0 Å². The van der Waals surface area contributed by atoms with Gasteiger partial charge in [0.2, 0.25) is 0 Å². The molecule has 0 aliphatic rings. The predicted molar refractivity (Wildman–Crippen MR) is 79.6 cm³/mol. The highest BCUT2D eigenvalue weighted by atomic mass is 35.5. The van der Waals surface area contributed by atoms with E-state index in [1.54, 1.807) is 7.11 Å². The lowest BCUT2D eigenvalue weighted by Crippen LogP contribution is -1.90. The third kappa shape index (κ3) is 2.37. The van der Waals surface area contributed by atoms with Crippen LogP contribution in [0.4, 0.5) is 11.4 Å². The first-order valence-electron chi connectivity index (χ1n) is 5.94. The second-order valence-corrected chi connectivity index (χ2v) is 4.69. The minimum atomic E-state index is 0.723. The van der Waals surface area contributed by atoms with Crippen LogP contribution in [0.5, 0.6) is 5.75 Å². The molecule has 0 spiro atoms. The molecule has 0 saturated heterocycles. The summed E-state index contributed by atoms with van der Waals surface area (Å²) in [6.07, 6.45) is 1.93. The fourth-order valence-corrected chi connectivity index (χ4v) is 2.22. The van der Waals surface area contributed by atoms with E-state index in [9.17, 15) is 0 Å². The molecule has 3 aromatic rings. The topological polar surface area (TPSA) is 37.0 Å². The number of rotatable bonds is 3. The number of methoxy groups -OCH3 is 1. The summed E-state index contributed by atoms with van der Waals surface area (Å²) in [5.74, 6) is 0.822. The number of aromatic amines is 1. The van der Waals surface area contributed by atoms with Crippen molar-refractivity contribution in [1.82, 2.24) is 4.98 Å². The number of hydrogen-bond donors (Lipinski definition) is 2. The van der Waals surface area contributed by atoms with Crippen molar-refractivity contribution < 1.29 is 4.74 Å². The van der Waals surface area contributed by atoms with Crippen molar-refractivity contribution in [2.75, 3.05) is 12.4 Å². The molecule has 0 aliphatic heterocycles. The van der Waals surface area contributed by atoms with Crippen LogP contribution in [0.2, 0.25) is 5.02 Å². The Balaban J connectivity index is 1.98. The number of H-pyrrole nitrogens is 1. The largest absolute Gasteiger partial charge is 0.497 e. The highest BCUT2D eigenvalue weighted by Crippen LogP contribution is 2.29. The van der Waals surface area contributed by atoms with Crippen molar-refractivity contribution in [3.8, 4) is 5.75 Å². The molecule has 96 valence electrons. The van der Waals surface area contributed by atoms with E-state index in [0.717, 1.165) is 33.0 Å². The Kier molecular flexibility index (Phi) is 3.05. The number of anilines is 2. The summed E-state index contributed by atoms with van der Waals surface area (Å²) in [6.45, 7) is 0. The van der Waals surface area contributed by atoms with Gasteiger partial charge >= 0.3 is 0 Å². The van der Waals surface area contributed by atoms with Crippen molar-refractivity contribution in [3.05, 3.63) is 53.7 Å². The maximum absolute atomic E-state index is 6.04. The van der Waals surface area contributed by atoms with E-state index in [4.69, 9.17) is 16.3 Å². The van der Waals surface area contributed by atoms with Gasteiger partial charge in [-0.25, -0.2) is 0 Å². The van der Waals surface area contributed by atoms with E-state index < -0.39 is 0 Å². The molecule has 19 heavy (non-hydrogen) atoms. The predicted octanol–water partition coefficient (Wildman–Crippen LogP) is 4.57. The molecule has 3 rings (SSSR count). The molecule has 0 atom stereocenters. The van der Waals surface area contributed by atoms with Gasteiger partial charge in [0.05, 0.1) is 12.8 Å². The molecule has 0 amide bonds. The molecule has 3 nitrogen and oxygen atoms in total. The first-order valence-corrected chi connectivity index (χ1v) is 6.32. The summed E-state index contributed by atoms with van der Waals surface area (Å²) in [7, 11) is 1.66. The zero-order chi connectivity index (χ0) is 13.2. The average Bonchev–Trinajstić information content (AvgIpc) is 2.81. The molecule has 1 heterocycles. The third-order valence-electron chi connectivity index (χ3n) is 2.99. The SMILES string of the molecule is COc1cccc(Nc2c[nH]c3ccc(Cl)cc23)c1. The van der Waals surface area contributed by atoms with Gasteiger partial charge in [0.15, 0.2) is 0 Å². The third-order valence-corrected chi connectivity index (χ3v) is 3.23. The van der Waals surface area contributed by atoms with Gasteiger partial charge in [-0.1, -0.05) is 17.7 Å². The van der Waals surface area contributed by atoms with Crippen LogP contribution < -0.4 is 10.1 Å². The van der Waals surface area contributed by atoms with Crippen LogP contribution in [-0.4, -0.2) is 12.1 Å². The minimum absolute atomic E-state index is 0.723. The molecule has 4 heteroatoms. The van der Waals surface area contributed by atoms with Crippen LogP contribution in [0.1, 0.15) is 0 Å². The summed E-state index contributed by atoms with van der Waals surface area (Å²) in [6, 6.07) is 13.6. The zero-order valence-electron chi connectivity index (χ0n) is 10.4. The number of halogens is 1. The molecular weight excluding hydrogens is 260 g/mol. The van der Waals surface area contributed by atoms with Crippen molar-refractivity contribution >= 4 is 33.9 Å². The number of fused-ring (bicyclic) bond motifs is 1. The van der Waals surface area contributed by atoms with E-state index in [0.29, 0.717) is 0 Å². The smallest absolute Gasteiger partial charge is 0.120 e. The monoisotopic (exact) mass is 272 g/mol. The molecule has 2 aromatic carbocycles. The Morgan fingerprint density at radius 3 is 2.89 bits per heavy atom. The molecule has 1 aromatic heterocycles. The Labute approximate surface area is 116 Å². The molecule has 0 bridgehead atoms. The standard InChI is InChI=1S/C15H13ClN2O/c1-19-12-4-2-3-11(8-12)18-15-9-17-14-6-5-10(16)7-13(14)15/h2-9,17-18H,1H3. The molecular formula is C15H13ClN2O. The lowest BCUT2D eigenvalue weighted by molar-refractivity contribution is 0.415. The van der Waals surface area contributed by atoms with Crippen molar-refractivity contribution in [2.24, 2.45) is 0 Å². The van der Waals surface area contributed by atoms with E-state index in [2.05, 4.69) is 10.3 Å². The highest BCUT2D eigenvalue weighted by molar-refractivity contribution is 6.31. The van der Waals surface area contributed by atoms with E-state index in [1.165, 1.54) is 0 Å². The van der Waals surface area contributed by atoms with Gasteiger partial charge in [-0.05, 0) is 30.3 Å². The summed E-state index contributed by atoms with van der Waals surface area (Å²) in [5, 5.41) is 5.15. The summed E-state index contributed by atoms with van der Waals surface area (Å²) in [5.41, 5.74) is 3.01. The van der Waals surface area contributed by atoms with Crippen LogP contribution in [0.25, 0.3) is 10.9 Å². The first-order chi connectivity index (χ1) is 9.26. The second kappa shape index (κ2) is 4.86. The Hall–Kier alpha value is -2.13. The van der Waals surface area contributed by atoms with Crippen molar-refractivity contribution in [1.29, 1.82) is 0 Å². The van der Waals surface area contributed by atoms with Crippen LogP contribution in [0, 0.1) is 0 Å².